The molecule has 0 aliphatic carbocycles. The zero-order chi connectivity index (χ0) is 9.07. The van der Waals surface area contributed by atoms with Crippen molar-refractivity contribution in [3.05, 3.63) is 0 Å². The number of nitrogens with two attached hydrogens (primary N) is 1. The number of ketones is 1. The van der Waals surface area contributed by atoms with E-state index in [1.54, 1.807) is 20.8 Å². The fourth-order valence-electron chi connectivity index (χ4n) is 0.465. The van der Waals surface area contributed by atoms with Gasteiger partial charge in [0.2, 0.25) is 0 Å². The van der Waals surface area contributed by atoms with E-state index in [2.05, 4.69) is 5.16 Å². The normalized spacial score (nSPS) is 13.2. The lowest BCUT2D eigenvalue weighted by Gasteiger charge is -2.15. The highest BCUT2D eigenvalue weighted by Gasteiger charge is 2.21. The smallest absolute Gasteiger partial charge is 0.146 e. The molecule has 0 spiro atoms. The second-order valence-corrected chi connectivity index (χ2v) is 3.44. The van der Waals surface area contributed by atoms with Crippen molar-refractivity contribution in [3.63, 3.8) is 0 Å². The van der Waals surface area contributed by atoms with Crippen molar-refractivity contribution in [2.75, 3.05) is 0 Å². The van der Waals surface area contributed by atoms with E-state index in [9.17, 15) is 4.79 Å². The van der Waals surface area contributed by atoms with Gasteiger partial charge in [-0.15, -0.1) is 0 Å². The molecule has 0 saturated carbocycles. The van der Waals surface area contributed by atoms with Crippen LogP contribution in [-0.4, -0.2) is 16.8 Å². The number of nitrogens with zero attached hydrogens (tertiary/aromatic N) is 1. The van der Waals surface area contributed by atoms with Crippen LogP contribution in [0.1, 0.15) is 27.2 Å². The third-order valence-electron chi connectivity index (χ3n) is 1.31. The molecular weight excluding hydrogens is 144 g/mol. The zero-order valence-corrected chi connectivity index (χ0v) is 7.09. The lowest BCUT2D eigenvalue weighted by molar-refractivity contribution is -0.125. The molecule has 4 nitrogen and oxygen atoms in total. The number of amidine groups is 1. The molecule has 0 amide bonds. The number of oxime groups is 1. The molecule has 0 aromatic carbocycles. The molecule has 0 radical (unpaired) electrons. The standard InChI is InChI=1S/C7H14N2O2/c1-7(2,3)5(10)4-6(8)9-11/h11H,4H2,1-3H3,(H2,8,9). The number of hydrogen-bond acceptors (Lipinski definition) is 3. The van der Waals surface area contributed by atoms with Crippen molar-refractivity contribution in [2.24, 2.45) is 16.3 Å². The van der Waals surface area contributed by atoms with Gasteiger partial charge in [-0.25, -0.2) is 0 Å². The zero-order valence-electron chi connectivity index (χ0n) is 7.09. The second-order valence-electron chi connectivity index (χ2n) is 3.44. The Morgan fingerprint density at radius 2 is 2.00 bits per heavy atom. The molecule has 11 heavy (non-hydrogen) atoms. The van der Waals surface area contributed by atoms with Crippen molar-refractivity contribution in [2.45, 2.75) is 27.2 Å². The largest absolute Gasteiger partial charge is 0.409 e. The first kappa shape index (κ1) is 9.94. The van der Waals surface area contributed by atoms with Crippen LogP contribution in [0.2, 0.25) is 0 Å². The Kier molecular flexibility index (Phi) is 3.04. The third kappa shape index (κ3) is 3.60. The van der Waals surface area contributed by atoms with Crippen LogP contribution >= 0.6 is 0 Å². The Labute approximate surface area is 66.1 Å². The van der Waals surface area contributed by atoms with Crippen LogP contribution in [0, 0.1) is 5.41 Å². The molecule has 0 saturated heterocycles. The molecule has 0 aliphatic rings. The number of rotatable bonds is 2. The Balaban J connectivity index is 4.10. The van der Waals surface area contributed by atoms with Gasteiger partial charge in [0, 0.05) is 5.41 Å². The highest BCUT2D eigenvalue weighted by Crippen LogP contribution is 2.16. The van der Waals surface area contributed by atoms with E-state index in [0.29, 0.717) is 0 Å². The number of Topliss-reactive ketones (excluding diaryl/α,β-unsaturated/α-hetero) is 1. The molecule has 0 unspecified atom stereocenters. The summed E-state index contributed by atoms with van der Waals surface area (Å²) in [7, 11) is 0. The molecule has 0 aromatic rings. The van der Waals surface area contributed by atoms with E-state index in [-0.39, 0.29) is 18.0 Å². The fourth-order valence-corrected chi connectivity index (χ4v) is 0.465. The third-order valence-corrected chi connectivity index (χ3v) is 1.31. The van der Waals surface area contributed by atoms with Gasteiger partial charge >= 0.3 is 0 Å². The van der Waals surface area contributed by atoms with Crippen molar-refractivity contribution in [1.82, 2.24) is 0 Å². The average Bonchev–Trinajstić information content (AvgIpc) is 1.85. The summed E-state index contributed by atoms with van der Waals surface area (Å²) in [5.41, 5.74) is 4.73. The summed E-state index contributed by atoms with van der Waals surface area (Å²) in [6.07, 6.45) is 0.0139. The number of hydrogen-bond donors (Lipinski definition) is 2. The maximum atomic E-state index is 11.2. The first-order chi connectivity index (χ1) is 4.88. The second kappa shape index (κ2) is 3.37. The SMILES string of the molecule is CC(C)(C)C(=O)C/C(N)=N/O. The minimum atomic E-state index is -0.421. The van der Waals surface area contributed by atoms with Gasteiger partial charge in [0.15, 0.2) is 0 Å². The summed E-state index contributed by atoms with van der Waals surface area (Å²) in [6.45, 7) is 5.37. The predicted octanol–water partition coefficient (Wildman–Crippen LogP) is 0.738. The predicted molar refractivity (Wildman–Crippen MR) is 42.5 cm³/mol. The van der Waals surface area contributed by atoms with Gasteiger partial charge in [-0.1, -0.05) is 25.9 Å². The molecule has 0 aromatic heterocycles. The molecule has 0 aliphatic heterocycles. The van der Waals surface area contributed by atoms with E-state index in [0.717, 1.165) is 0 Å². The van der Waals surface area contributed by atoms with E-state index in [1.807, 2.05) is 0 Å². The van der Waals surface area contributed by atoms with E-state index in [1.165, 1.54) is 0 Å². The highest BCUT2D eigenvalue weighted by molar-refractivity contribution is 6.01. The molecule has 0 fully saturated rings. The van der Waals surface area contributed by atoms with Crippen LogP contribution in [0.15, 0.2) is 5.16 Å². The van der Waals surface area contributed by atoms with E-state index in [4.69, 9.17) is 10.9 Å². The van der Waals surface area contributed by atoms with Crippen LogP contribution in [0.5, 0.6) is 0 Å². The van der Waals surface area contributed by atoms with Crippen molar-refractivity contribution >= 4 is 11.6 Å². The maximum absolute atomic E-state index is 11.2. The molecule has 64 valence electrons. The summed E-state index contributed by atoms with van der Waals surface area (Å²) < 4.78 is 0. The van der Waals surface area contributed by atoms with Gasteiger partial charge in [0.05, 0.1) is 6.42 Å². The lowest BCUT2D eigenvalue weighted by Crippen LogP contribution is -2.26. The highest BCUT2D eigenvalue weighted by atomic mass is 16.4. The molecule has 0 rings (SSSR count). The Morgan fingerprint density at radius 1 is 1.55 bits per heavy atom. The molecule has 0 atom stereocenters. The van der Waals surface area contributed by atoms with Crippen LogP contribution in [-0.2, 0) is 4.79 Å². The van der Waals surface area contributed by atoms with Gasteiger partial charge in [0.25, 0.3) is 0 Å². The fraction of sp³-hybridized carbons (Fsp3) is 0.714. The van der Waals surface area contributed by atoms with Gasteiger partial charge < -0.3 is 10.9 Å². The van der Waals surface area contributed by atoms with Crippen LogP contribution < -0.4 is 5.73 Å². The molecule has 3 N–H and O–H groups in total. The first-order valence-electron chi connectivity index (χ1n) is 3.37. The minimum absolute atomic E-state index is 0.0139. The average molecular weight is 158 g/mol. The molecule has 0 heterocycles. The summed E-state index contributed by atoms with van der Waals surface area (Å²) in [6, 6.07) is 0. The Morgan fingerprint density at radius 3 is 2.27 bits per heavy atom. The van der Waals surface area contributed by atoms with Crippen molar-refractivity contribution < 1.29 is 10.0 Å². The lowest BCUT2D eigenvalue weighted by atomic mass is 9.89. The van der Waals surface area contributed by atoms with Gasteiger partial charge in [-0.05, 0) is 0 Å². The van der Waals surface area contributed by atoms with Gasteiger partial charge in [0.1, 0.15) is 11.6 Å². The van der Waals surface area contributed by atoms with E-state index >= 15 is 0 Å². The van der Waals surface area contributed by atoms with Gasteiger partial charge in [-0.2, -0.15) is 0 Å². The quantitative estimate of drug-likeness (QED) is 0.269. The van der Waals surface area contributed by atoms with Crippen LogP contribution in [0.25, 0.3) is 0 Å². The molecular formula is C7H14N2O2. The maximum Gasteiger partial charge on any atom is 0.146 e. The monoisotopic (exact) mass is 158 g/mol. The van der Waals surface area contributed by atoms with Crippen molar-refractivity contribution in [1.29, 1.82) is 0 Å². The summed E-state index contributed by atoms with van der Waals surface area (Å²) >= 11 is 0. The number of carbonyl (C=O) groups is 1. The topological polar surface area (TPSA) is 75.7 Å². The summed E-state index contributed by atoms with van der Waals surface area (Å²) in [5, 5.41) is 10.9. The molecule has 4 heteroatoms. The van der Waals surface area contributed by atoms with Crippen LogP contribution in [0.3, 0.4) is 0 Å². The Hall–Kier alpha value is -1.06. The van der Waals surface area contributed by atoms with Gasteiger partial charge in [-0.3, -0.25) is 4.79 Å². The van der Waals surface area contributed by atoms with Crippen LogP contribution in [0.4, 0.5) is 0 Å². The first-order valence-corrected chi connectivity index (χ1v) is 3.37. The number of carbonyl (C=O) groups excluding carboxylic acids is 1. The Bertz CT molecular complexity index is 179. The van der Waals surface area contributed by atoms with Crippen molar-refractivity contribution in [3.8, 4) is 0 Å². The van der Waals surface area contributed by atoms with E-state index < -0.39 is 5.41 Å². The molecule has 0 bridgehead atoms. The summed E-state index contributed by atoms with van der Waals surface area (Å²) in [4.78, 5) is 11.2. The minimum Gasteiger partial charge on any atom is -0.409 e. The summed E-state index contributed by atoms with van der Waals surface area (Å²) in [5.74, 6) is -0.0716.